The highest BCUT2D eigenvalue weighted by atomic mass is 19.1. The van der Waals surface area contributed by atoms with Crippen molar-refractivity contribution >= 4 is 28.0 Å². The molecule has 0 aliphatic heterocycles. The number of hydrogen-bond acceptors (Lipinski definition) is 3. The Labute approximate surface area is 241 Å². The Balaban J connectivity index is 1.46. The van der Waals surface area contributed by atoms with Gasteiger partial charge in [-0.2, -0.15) is 0 Å². The minimum atomic E-state index is -0.573. The molecule has 0 saturated carbocycles. The van der Waals surface area contributed by atoms with Crippen LogP contribution < -0.4 is 11.0 Å². The summed E-state index contributed by atoms with van der Waals surface area (Å²) < 4.78 is 20.3. The minimum Gasteiger partial charge on any atom is -0.355 e. The van der Waals surface area contributed by atoms with Gasteiger partial charge in [0.2, 0.25) is 0 Å². The van der Waals surface area contributed by atoms with Crippen LogP contribution >= 0.6 is 0 Å². The molecule has 0 spiro atoms. The number of amides is 1. The van der Waals surface area contributed by atoms with E-state index in [1.54, 1.807) is 29.3 Å². The van der Waals surface area contributed by atoms with E-state index < -0.39 is 11.7 Å². The zero-order valence-corrected chi connectivity index (χ0v) is 23.7. The SMILES string of the molecule is CNC(=O)c1ccc(-c2ccc3c(c2)nc(-c2cccc4c2CCCC4)n3-c2ccc3c(c2)n(C)c(=O)n3C)cc1F. The van der Waals surface area contributed by atoms with Crippen molar-refractivity contribution < 1.29 is 9.18 Å². The van der Waals surface area contributed by atoms with Gasteiger partial charge < -0.3 is 5.32 Å². The maximum atomic E-state index is 14.8. The van der Waals surface area contributed by atoms with Gasteiger partial charge in [-0.1, -0.05) is 30.3 Å². The van der Waals surface area contributed by atoms with E-state index in [1.807, 2.05) is 36.4 Å². The number of nitrogens with zero attached hydrogens (tertiary/aromatic N) is 4. The van der Waals surface area contributed by atoms with Gasteiger partial charge in [0.15, 0.2) is 0 Å². The van der Waals surface area contributed by atoms with Crippen molar-refractivity contribution in [2.75, 3.05) is 7.05 Å². The summed E-state index contributed by atoms with van der Waals surface area (Å²) in [5.74, 6) is -0.199. The first-order valence-corrected chi connectivity index (χ1v) is 14.2. The molecule has 0 unspecified atom stereocenters. The molecule has 0 saturated heterocycles. The third-order valence-electron chi connectivity index (χ3n) is 8.58. The lowest BCUT2D eigenvalue weighted by Gasteiger charge is -2.20. The second kappa shape index (κ2) is 9.83. The third kappa shape index (κ3) is 3.97. The molecule has 42 heavy (non-hydrogen) atoms. The molecule has 1 N–H and O–H groups in total. The zero-order valence-electron chi connectivity index (χ0n) is 23.7. The van der Waals surface area contributed by atoms with Gasteiger partial charge in [-0.05, 0) is 90.4 Å². The van der Waals surface area contributed by atoms with E-state index in [2.05, 4.69) is 28.1 Å². The summed E-state index contributed by atoms with van der Waals surface area (Å²) in [6.45, 7) is 0. The quantitative estimate of drug-likeness (QED) is 0.291. The number of benzene rings is 4. The maximum Gasteiger partial charge on any atom is 0.328 e. The fourth-order valence-electron chi connectivity index (χ4n) is 6.34. The van der Waals surface area contributed by atoms with E-state index in [4.69, 9.17) is 4.98 Å². The van der Waals surface area contributed by atoms with Crippen molar-refractivity contribution in [2.24, 2.45) is 14.1 Å². The molecule has 2 heterocycles. The highest BCUT2D eigenvalue weighted by Crippen LogP contribution is 2.36. The molecule has 7 rings (SSSR count). The van der Waals surface area contributed by atoms with Crippen molar-refractivity contribution in [1.29, 1.82) is 0 Å². The summed E-state index contributed by atoms with van der Waals surface area (Å²) in [5, 5.41) is 2.47. The molecule has 0 fully saturated rings. The average Bonchev–Trinajstić information content (AvgIpc) is 3.50. The van der Waals surface area contributed by atoms with Crippen LogP contribution in [0.2, 0.25) is 0 Å². The predicted octanol–water partition coefficient (Wildman–Crippen LogP) is 5.93. The van der Waals surface area contributed by atoms with Crippen molar-refractivity contribution in [3.8, 4) is 28.2 Å². The Hall–Kier alpha value is -4.98. The van der Waals surface area contributed by atoms with E-state index >= 15 is 0 Å². The Bertz CT molecular complexity index is 2120. The normalized spacial score (nSPS) is 13.0. The van der Waals surface area contributed by atoms with Crippen LogP contribution in [0.4, 0.5) is 4.39 Å². The minimum absolute atomic E-state index is 0.00782. The number of hydrogen-bond donors (Lipinski definition) is 1. The van der Waals surface area contributed by atoms with Crippen molar-refractivity contribution in [3.05, 3.63) is 106 Å². The molecule has 210 valence electrons. The number of carbonyl (C=O) groups excluding carboxylic acids is 1. The topological polar surface area (TPSA) is 73.8 Å². The first-order valence-electron chi connectivity index (χ1n) is 14.2. The van der Waals surface area contributed by atoms with Gasteiger partial charge in [-0.15, -0.1) is 0 Å². The average molecular weight is 560 g/mol. The number of imidazole rings is 2. The van der Waals surface area contributed by atoms with E-state index in [0.29, 0.717) is 5.56 Å². The molecule has 7 nitrogen and oxygen atoms in total. The lowest BCUT2D eigenvalue weighted by molar-refractivity contribution is 0.0959. The van der Waals surface area contributed by atoms with Crippen LogP contribution in [0.1, 0.15) is 34.3 Å². The van der Waals surface area contributed by atoms with Crippen LogP contribution in [0, 0.1) is 5.82 Å². The van der Waals surface area contributed by atoms with E-state index in [1.165, 1.54) is 36.7 Å². The second-order valence-electron chi connectivity index (χ2n) is 11.0. The highest BCUT2D eigenvalue weighted by molar-refractivity contribution is 5.95. The number of carbonyl (C=O) groups is 1. The molecular formula is C34H30FN5O2. The van der Waals surface area contributed by atoms with Crippen LogP contribution in [0.5, 0.6) is 0 Å². The summed E-state index contributed by atoms with van der Waals surface area (Å²) in [6.07, 6.45) is 4.39. The molecule has 1 amide bonds. The van der Waals surface area contributed by atoms with Gasteiger partial charge in [0.25, 0.3) is 5.91 Å². The fourth-order valence-corrected chi connectivity index (χ4v) is 6.34. The molecule has 4 aromatic carbocycles. The summed E-state index contributed by atoms with van der Waals surface area (Å²) in [7, 11) is 5.05. The van der Waals surface area contributed by atoms with Crippen LogP contribution in [-0.2, 0) is 26.9 Å². The van der Waals surface area contributed by atoms with Crippen LogP contribution in [0.15, 0.2) is 77.6 Å². The zero-order chi connectivity index (χ0) is 29.1. The number of fused-ring (bicyclic) bond motifs is 3. The molecule has 0 radical (unpaired) electrons. The van der Waals surface area contributed by atoms with E-state index in [9.17, 15) is 14.0 Å². The van der Waals surface area contributed by atoms with Gasteiger partial charge in [0.05, 0.1) is 27.6 Å². The Morgan fingerprint density at radius 2 is 1.60 bits per heavy atom. The molecule has 0 atom stereocenters. The number of rotatable bonds is 4. The van der Waals surface area contributed by atoms with Gasteiger partial charge in [-0.25, -0.2) is 14.2 Å². The summed E-state index contributed by atoms with van der Waals surface area (Å²) in [4.78, 5) is 29.9. The van der Waals surface area contributed by atoms with Crippen LogP contribution in [-0.4, -0.2) is 31.6 Å². The first-order chi connectivity index (χ1) is 20.4. The number of aromatic nitrogens is 4. The third-order valence-corrected chi connectivity index (χ3v) is 8.58. The van der Waals surface area contributed by atoms with Crippen LogP contribution in [0.3, 0.4) is 0 Å². The molecular weight excluding hydrogens is 529 g/mol. The largest absolute Gasteiger partial charge is 0.355 e. The smallest absolute Gasteiger partial charge is 0.328 e. The maximum absolute atomic E-state index is 14.8. The van der Waals surface area contributed by atoms with E-state index in [0.717, 1.165) is 64.0 Å². The van der Waals surface area contributed by atoms with Gasteiger partial charge in [0.1, 0.15) is 11.6 Å². The van der Waals surface area contributed by atoms with Crippen molar-refractivity contribution in [3.63, 3.8) is 0 Å². The molecule has 6 aromatic rings. The first kappa shape index (κ1) is 26.0. The lowest BCUT2D eigenvalue weighted by atomic mass is 9.88. The predicted molar refractivity (Wildman–Crippen MR) is 164 cm³/mol. The molecule has 1 aliphatic carbocycles. The van der Waals surface area contributed by atoms with Crippen molar-refractivity contribution in [2.45, 2.75) is 25.7 Å². The Morgan fingerprint density at radius 1 is 0.857 bits per heavy atom. The Kier molecular flexibility index (Phi) is 6.08. The molecule has 1 aliphatic rings. The Morgan fingerprint density at radius 3 is 2.40 bits per heavy atom. The van der Waals surface area contributed by atoms with Crippen molar-refractivity contribution in [1.82, 2.24) is 24.0 Å². The standard InChI is InChI=1S/C34H30FN5O2/c1-36-33(41)26-14-11-21(17-27(26)35)22-12-15-29-28(18-22)37-32(25-10-6-8-20-7-4-5-9-24(20)25)40(29)23-13-16-30-31(19-23)39(3)34(42)38(30)2/h6,8,10-19H,4-5,7,9H2,1-3H3,(H,36,41). The van der Waals surface area contributed by atoms with Crippen LogP contribution in [0.25, 0.3) is 50.3 Å². The summed E-state index contributed by atoms with van der Waals surface area (Å²) in [6, 6.07) is 23.1. The lowest BCUT2D eigenvalue weighted by Crippen LogP contribution is -2.19. The summed E-state index contributed by atoms with van der Waals surface area (Å²) in [5.41, 5.74) is 9.49. The molecule has 0 bridgehead atoms. The number of aryl methyl sites for hydroxylation is 3. The van der Waals surface area contributed by atoms with Gasteiger partial charge in [0, 0.05) is 32.4 Å². The fraction of sp³-hybridized carbons (Fsp3) is 0.206. The summed E-state index contributed by atoms with van der Waals surface area (Å²) >= 11 is 0. The number of halogens is 1. The molecule has 2 aromatic heterocycles. The monoisotopic (exact) mass is 559 g/mol. The van der Waals surface area contributed by atoms with Gasteiger partial charge >= 0.3 is 5.69 Å². The molecule has 8 heteroatoms. The van der Waals surface area contributed by atoms with Gasteiger partial charge in [-0.3, -0.25) is 18.5 Å². The number of nitrogens with one attached hydrogen (secondary N) is 1. The highest BCUT2D eigenvalue weighted by Gasteiger charge is 2.22. The van der Waals surface area contributed by atoms with E-state index in [-0.39, 0.29) is 11.3 Å². The second-order valence-corrected chi connectivity index (χ2v) is 11.0.